The van der Waals surface area contributed by atoms with Crippen molar-refractivity contribution in [1.82, 2.24) is 0 Å². The number of aryl methyl sites for hydroxylation is 2. The molecule has 0 spiro atoms. The Hall–Kier alpha value is -1.30. The van der Waals surface area contributed by atoms with E-state index >= 15 is 0 Å². The molecule has 0 radical (unpaired) electrons. The van der Waals surface area contributed by atoms with Gasteiger partial charge in [-0.15, -0.1) is 0 Å². The lowest BCUT2D eigenvalue weighted by molar-refractivity contribution is 0.0695. The Morgan fingerprint density at radius 1 is 1.18 bits per heavy atom. The van der Waals surface area contributed by atoms with Crippen LogP contribution in [-0.4, -0.2) is 11.1 Å². The number of benzene rings is 2. The van der Waals surface area contributed by atoms with E-state index in [1.54, 1.807) is 6.92 Å². The van der Waals surface area contributed by atoms with Gasteiger partial charge in [0.2, 0.25) is 0 Å². The summed E-state index contributed by atoms with van der Waals surface area (Å²) in [6.45, 7) is 3.72. The predicted molar refractivity (Wildman–Crippen MR) is 73.8 cm³/mol. The Morgan fingerprint density at radius 2 is 1.88 bits per heavy atom. The molecule has 1 N–H and O–H groups in total. The average molecular weight is 342 g/mol. The number of hydrogen-bond donors (Lipinski definition) is 1. The van der Waals surface area contributed by atoms with Crippen molar-refractivity contribution in [2.24, 2.45) is 0 Å². The van der Waals surface area contributed by atoms with Crippen LogP contribution in [0.3, 0.4) is 0 Å². The summed E-state index contributed by atoms with van der Waals surface area (Å²) in [6, 6.07) is 7.52. The highest BCUT2D eigenvalue weighted by atomic mass is 127. The second-order valence-electron chi connectivity index (χ2n) is 3.93. The molecule has 4 heteroatoms. The highest BCUT2D eigenvalue weighted by molar-refractivity contribution is 14.1. The highest BCUT2D eigenvalue weighted by Gasteiger charge is 2.17. The van der Waals surface area contributed by atoms with Crippen LogP contribution in [0.1, 0.15) is 21.5 Å². The quantitative estimate of drug-likeness (QED) is 0.848. The minimum absolute atomic E-state index is 0.200. The molecule has 0 aliphatic carbocycles. The Morgan fingerprint density at radius 3 is 2.47 bits per heavy atom. The zero-order valence-electron chi connectivity index (χ0n) is 9.45. The molecule has 0 aromatic heterocycles. The van der Waals surface area contributed by atoms with Crippen LogP contribution in [0.4, 0.5) is 0 Å². The minimum atomic E-state index is -1.51. The van der Waals surface area contributed by atoms with Crippen molar-refractivity contribution in [2.45, 2.75) is 13.8 Å². The molecular formula is C13H11IO3. The highest BCUT2D eigenvalue weighted by Crippen LogP contribution is 2.31. The monoisotopic (exact) mass is 342 g/mol. The fourth-order valence-corrected chi connectivity index (χ4v) is 3.59. The molecule has 0 atom stereocenters. The van der Waals surface area contributed by atoms with Gasteiger partial charge in [-0.05, 0) is 35.7 Å². The Bertz CT molecular complexity index is 632. The molecule has 2 aromatic rings. The van der Waals surface area contributed by atoms with Crippen molar-refractivity contribution >= 4 is 37.9 Å². The number of carboxylic acids is 1. The molecule has 2 aromatic carbocycles. The maximum atomic E-state index is 11.4. The van der Waals surface area contributed by atoms with Crippen LogP contribution in [0.5, 0.6) is 0 Å². The van der Waals surface area contributed by atoms with Gasteiger partial charge in [0.05, 0.1) is 9.13 Å². The number of carbonyl (C=O) groups is 1. The third-order valence-electron chi connectivity index (χ3n) is 2.83. The first kappa shape index (κ1) is 12.2. The molecule has 3 nitrogen and oxygen atoms in total. The second kappa shape index (κ2) is 4.52. The van der Waals surface area contributed by atoms with Crippen LogP contribution in [0.2, 0.25) is 0 Å². The summed E-state index contributed by atoms with van der Waals surface area (Å²) in [7, 11) is 0. The Kier molecular flexibility index (Phi) is 3.24. The lowest BCUT2D eigenvalue weighted by Crippen LogP contribution is -2.04. The van der Waals surface area contributed by atoms with E-state index in [1.165, 1.54) is 0 Å². The molecule has 0 heterocycles. The maximum Gasteiger partial charge on any atom is 0.337 e. The number of halogens is 1. The molecule has 0 bridgehead atoms. The first-order chi connectivity index (χ1) is 8.06. The van der Waals surface area contributed by atoms with Crippen LogP contribution in [0.25, 0.3) is 10.8 Å². The molecule has 2 rings (SSSR count). The number of fused-ring (bicyclic) bond motifs is 1. The molecule has 0 aliphatic heterocycles. The van der Waals surface area contributed by atoms with Gasteiger partial charge in [0.1, 0.15) is 0 Å². The first-order valence-corrected chi connectivity index (χ1v) is 7.05. The molecule has 0 saturated heterocycles. The molecule has 17 heavy (non-hydrogen) atoms. The van der Waals surface area contributed by atoms with Gasteiger partial charge in [-0.3, -0.25) is 3.07 Å². The van der Waals surface area contributed by atoms with E-state index in [0.29, 0.717) is 9.13 Å². The fourth-order valence-electron chi connectivity index (χ4n) is 2.00. The van der Waals surface area contributed by atoms with Gasteiger partial charge in [-0.2, -0.15) is 0 Å². The van der Waals surface area contributed by atoms with E-state index in [-0.39, 0.29) is 5.56 Å². The van der Waals surface area contributed by atoms with E-state index in [0.717, 1.165) is 16.3 Å². The Labute approximate surface area is 109 Å². The largest absolute Gasteiger partial charge is 0.478 e. The van der Waals surface area contributed by atoms with Gasteiger partial charge >= 0.3 is 5.97 Å². The maximum absolute atomic E-state index is 11.4. The second-order valence-corrected chi connectivity index (χ2v) is 5.45. The van der Waals surface area contributed by atoms with Crippen LogP contribution < -0.4 is 0 Å². The molecule has 0 aliphatic rings. The fraction of sp³-hybridized carbons (Fsp3) is 0.154. The minimum Gasteiger partial charge on any atom is -0.478 e. The van der Waals surface area contributed by atoms with Crippen molar-refractivity contribution in [3.8, 4) is 0 Å². The van der Waals surface area contributed by atoms with E-state index in [9.17, 15) is 13.0 Å². The zero-order valence-corrected chi connectivity index (χ0v) is 11.6. The summed E-state index contributed by atoms with van der Waals surface area (Å²) in [6.07, 6.45) is 0. The van der Waals surface area contributed by atoms with Gasteiger partial charge in [-0.1, -0.05) is 24.3 Å². The zero-order chi connectivity index (χ0) is 12.6. The number of carboxylic acid groups (broad SMARTS) is 1. The molecular weight excluding hydrogens is 331 g/mol. The van der Waals surface area contributed by atoms with E-state index in [1.807, 2.05) is 31.2 Å². The molecule has 88 valence electrons. The average Bonchev–Trinajstić information content (AvgIpc) is 2.28. The van der Waals surface area contributed by atoms with Crippen molar-refractivity contribution in [3.05, 3.63) is 44.5 Å². The summed E-state index contributed by atoms with van der Waals surface area (Å²) < 4.78 is 11.9. The summed E-state index contributed by atoms with van der Waals surface area (Å²) in [5, 5.41) is 11.0. The summed E-state index contributed by atoms with van der Waals surface area (Å²) >= 11 is -1.51. The molecule has 0 unspecified atom stereocenters. The molecule has 0 saturated carbocycles. The van der Waals surface area contributed by atoms with Gasteiger partial charge in [0, 0.05) is 0 Å². The third kappa shape index (κ3) is 1.97. The topological polar surface area (TPSA) is 54.4 Å². The summed E-state index contributed by atoms with van der Waals surface area (Å²) in [4.78, 5) is 11.2. The predicted octanol–water partition coefficient (Wildman–Crippen LogP) is 3.64. The summed E-state index contributed by atoms with van der Waals surface area (Å²) in [5.41, 5.74) is 1.94. The van der Waals surface area contributed by atoms with Gasteiger partial charge < -0.3 is 5.11 Å². The van der Waals surface area contributed by atoms with Crippen molar-refractivity contribution in [3.63, 3.8) is 0 Å². The van der Waals surface area contributed by atoms with Crippen LogP contribution in [0, 0.1) is 17.4 Å². The van der Waals surface area contributed by atoms with Crippen LogP contribution >= 0.6 is 21.2 Å². The van der Waals surface area contributed by atoms with Gasteiger partial charge in [0.25, 0.3) is 0 Å². The lowest BCUT2D eigenvalue weighted by Gasteiger charge is -2.09. The third-order valence-corrected chi connectivity index (χ3v) is 4.39. The van der Waals surface area contributed by atoms with Crippen LogP contribution in [0.15, 0.2) is 24.3 Å². The number of aromatic carboxylic acids is 1. The molecule has 0 amide bonds. The number of hydrogen-bond acceptors (Lipinski definition) is 2. The summed E-state index contributed by atoms with van der Waals surface area (Å²) in [5.74, 6) is -1.00. The van der Waals surface area contributed by atoms with E-state index in [2.05, 4.69) is 0 Å². The van der Waals surface area contributed by atoms with Crippen molar-refractivity contribution in [1.29, 1.82) is 0 Å². The lowest BCUT2D eigenvalue weighted by atomic mass is 9.99. The van der Waals surface area contributed by atoms with Crippen LogP contribution in [-0.2, 0) is 3.07 Å². The Balaban J connectivity index is 3.00. The SMILES string of the molecule is Cc1cc2c(C)cccc2c(I=O)c1C(=O)O. The number of rotatable bonds is 2. The smallest absolute Gasteiger partial charge is 0.337 e. The van der Waals surface area contributed by atoms with E-state index < -0.39 is 27.2 Å². The first-order valence-electron chi connectivity index (χ1n) is 5.09. The standard InChI is InChI=1S/C13H11IO3/c1-7-4-3-5-9-10(7)6-8(2)11(13(15)16)12(9)14-17/h3-6H,1-2H3,(H,15,16). The van der Waals surface area contributed by atoms with E-state index in [4.69, 9.17) is 0 Å². The van der Waals surface area contributed by atoms with Gasteiger partial charge in [-0.25, -0.2) is 4.79 Å². The normalized spacial score (nSPS) is 10.7. The van der Waals surface area contributed by atoms with Crippen molar-refractivity contribution in [2.75, 3.05) is 0 Å². The van der Waals surface area contributed by atoms with Crippen molar-refractivity contribution < 1.29 is 13.0 Å². The molecule has 0 fully saturated rings. The van der Waals surface area contributed by atoms with Gasteiger partial charge in [0.15, 0.2) is 21.2 Å².